The van der Waals surface area contributed by atoms with Crippen molar-refractivity contribution in [2.45, 2.75) is 32.7 Å². The number of nitrogens with one attached hydrogen (secondary N) is 1. The first-order valence-corrected chi connectivity index (χ1v) is 5.65. The zero-order valence-electron chi connectivity index (χ0n) is 10.3. The van der Waals surface area contributed by atoms with E-state index in [2.05, 4.69) is 25.7 Å². The summed E-state index contributed by atoms with van der Waals surface area (Å²) in [4.78, 5) is 0. The molecule has 0 radical (unpaired) electrons. The molecule has 1 N–H and O–H groups in total. The summed E-state index contributed by atoms with van der Waals surface area (Å²) in [6.45, 7) is 11.2. The molecule has 0 aromatic rings. The summed E-state index contributed by atoms with van der Waals surface area (Å²) in [6, 6.07) is 0.434. The van der Waals surface area contributed by atoms with Gasteiger partial charge in [-0.3, -0.25) is 0 Å². The van der Waals surface area contributed by atoms with Crippen molar-refractivity contribution < 1.29 is 9.47 Å². The van der Waals surface area contributed by atoms with E-state index in [4.69, 9.17) is 9.47 Å². The monoisotopic (exact) mass is 215 g/mol. The van der Waals surface area contributed by atoms with Gasteiger partial charge in [0.25, 0.3) is 0 Å². The number of ether oxygens (including phenoxy) is 2. The summed E-state index contributed by atoms with van der Waals surface area (Å²) in [6.07, 6.45) is 2.15. The summed E-state index contributed by atoms with van der Waals surface area (Å²) in [5.41, 5.74) is 1.23. The molecule has 1 unspecified atom stereocenters. The summed E-state index contributed by atoms with van der Waals surface area (Å²) < 4.78 is 10.4. The minimum Gasteiger partial charge on any atom is -0.382 e. The van der Waals surface area contributed by atoms with Crippen LogP contribution in [0.1, 0.15) is 26.7 Å². The lowest BCUT2D eigenvalue weighted by Crippen LogP contribution is -2.33. The smallest absolute Gasteiger partial charge is 0.0701 e. The molecule has 0 aliphatic heterocycles. The van der Waals surface area contributed by atoms with Gasteiger partial charge in [-0.15, -0.1) is 6.58 Å². The molecule has 0 aliphatic rings. The first-order chi connectivity index (χ1) is 7.20. The van der Waals surface area contributed by atoms with Crippen LogP contribution in [0.25, 0.3) is 0 Å². The Morgan fingerprint density at radius 1 is 1.40 bits per heavy atom. The molecular formula is C12H25NO2. The topological polar surface area (TPSA) is 30.5 Å². The van der Waals surface area contributed by atoms with Gasteiger partial charge in [-0.2, -0.15) is 0 Å². The van der Waals surface area contributed by atoms with E-state index in [1.54, 1.807) is 7.11 Å². The summed E-state index contributed by atoms with van der Waals surface area (Å²) in [5.74, 6) is 0. The Balaban J connectivity index is 3.57. The first kappa shape index (κ1) is 14.6. The first-order valence-electron chi connectivity index (χ1n) is 5.65. The quantitative estimate of drug-likeness (QED) is 0.446. The fourth-order valence-electron chi connectivity index (χ4n) is 1.32. The van der Waals surface area contributed by atoms with E-state index in [-0.39, 0.29) is 0 Å². The molecule has 0 bridgehead atoms. The molecule has 3 heteroatoms. The predicted molar refractivity (Wildman–Crippen MR) is 64.2 cm³/mol. The third-order valence-corrected chi connectivity index (χ3v) is 2.16. The average molecular weight is 215 g/mol. The molecule has 0 aromatic carbocycles. The highest BCUT2D eigenvalue weighted by molar-refractivity contribution is 4.89. The summed E-state index contributed by atoms with van der Waals surface area (Å²) >= 11 is 0. The number of allylic oxidation sites excluding steroid dienone is 1. The Morgan fingerprint density at radius 2 is 2.13 bits per heavy atom. The van der Waals surface area contributed by atoms with E-state index < -0.39 is 0 Å². The lowest BCUT2D eigenvalue weighted by Gasteiger charge is -2.17. The van der Waals surface area contributed by atoms with Crippen LogP contribution in [0.15, 0.2) is 12.2 Å². The molecule has 0 fully saturated rings. The van der Waals surface area contributed by atoms with Gasteiger partial charge in [-0.05, 0) is 26.3 Å². The van der Waals surface area contributed by atoms with Crippen molar-refractivity contribution in [1.82, 2.24) is 5.32 Å². The van der Waals surface area contributed by atoms with Gasteiger partial charge in [0.05, 0.1) is 19.8 Å². The predicted octanol–water partition coefficient (Wildman–Crippen LogP) is 1.98. The highest BCUT2D eigenvalue weighted by Crippen LogP contribution is 2.05. The van der Waals surface area contributed by atoms with E-state index in [1.807, 2.05) is 0 Å². The molecule has 0 amide bonds. The average Bonchev–Trinajstić information content (AvgIpc) is 2.20. The van der Waals surface area contributed by atoms with Crippen molar-refractivity contribution in [3.05, 3.63) is 12.2 Å². The molecule has 0 aliphatic carbocycles. The highest BCUT2D eigenvalue weighted by atomic mass is 16.5. The fourth-order valence-corrected chi connectivity index (χ4v) is 1.32. The third-order valence-electron chi connectivity index (χ3n) is 2.16. The maximum absolute atomic E-state index is 5.50. The number of hydrogen-bond donors (Lipinski definition) is 1. The number of likely N-dealkylation sites (N-methyl/N-ethyl adjacent to an activating group) is 1. The normalized spacial score (nSPS) is 12.7. The van der Waals surface area contributed by atoms with E-state index >= 15 is 0 Å². The van der Waals surface area contributed by atoms with Gasteiger partial charge in [0.15, 0.2) is 0 Å². The third kappa shape index (κ3) is 9.91. The van der Waals surface area contributed by atoms with Crippen molar-refractivity contribution in [3.63, 3.8) is 0 Å². The minimum atomic E-state index is 0.434. The van der Waals surface area contributed by atoms with E-state index in [0.717, 1.165) is 26.0 Å². The van der Waals surface area contributed by atoms with Gasteiger partial charge in [-0.1, -0.05) is 12.5 Å². The Kier molecular flexibility index (Phi) is 9.89. The van der Waals surface area contributed by atoms with Crippen molar-refractivity contribution in [3.8, 4) is 0 Å². The van der Waals surface area contributed by atoms with Gasteiger partial charge in [-0.25, -0.2) is 0 Å². The Bertz CT molecular complexity index is 160. The molecule has 3 nitrogen and oxygen atoms in total. The van der Waals surface area contributed by atoms with E-state index in [9.17, 15) is 0 Å². The minimum absolute atomic E-state index is 0.434. The van der Waals surface area contributed by atoms with E-state index in [0.29, 0.717) is 19.3 Å². The second-order valence-corrected chi connectivity index (χ2v) is 3.82. The van der Waals surface area contributed by atoms with Gasteiger partial charge >= 0.3 is 0 Å². The molecule has 15 heavy (non-hydrogen) atoms. The van der Waals surface area contributed by atoms with Crippen LogP contribution in [0, 0.1) is 0 Å². The molecular weight excluding hydrogens is 190 g/mol. The Labute approximate surface area is 93.8 Å². The summed E-state index contributed by atoms with van der Waals surface area (Å²) in [5, 5.41) is 3.41. The highest BCUT2D eigenvalue weighted by Gasteiger charge is 2.06. The Hall–Kier alpha value is -0.380. The van der Waals surface area contributed by atoms with Gasteiger partial charge < -0.3 is 14.8 Å². The number of hydrogen-bond acceptors (Lipinski definition) is 3. The molecule has 0 rings (SSSR count). The van der Waals surface area contributed by atoms with Crippen molar-refractivity contribution in [2.75, 3.05) is 33.5 Å². The van der Waals surface area contributed by atoms with Gasteiger partial charge in [0.1, 0.15) is 0 Å². The molecule has 0 aromatic heterocycles. The van der Waals surface area contributed by atoms with Gasteiger partial charge in [0.2, 0.25) is 0 Å². The van der Waals surface area contributed by atoms with Crippen molar-refractivity contribution in [2.24, 2.45) is 0 Å². The van der Waals surface area contributed by atoms with Crippen LogP contribution in [-0.4, -0.2) is 39.5 Å². The molecule has 0 saturated heterocycles. The van der Waals surface area contributed by atoms with Crippen LogP contribution in [0.2, 0.25) is 0 Å². The van der Waals surface area contributed by atoms with Crippen LogP contribution < -0.4 is 5.32 Å². The molecule has 90 valence electrons. The second-order valence-electron chi connectivity index (χ2n) is 3.82. The second kappa shape index (κ2) is 10.1. The van der Waals surface area contributed by atoms with Crippen LogP contribution in [0.3, 0.4) is 0 Å². The fraction of sp³-hybridized carbons (Fsp3) is 0.833. The summed E-state index contributed by atoms with van der Waals surface area (Å²) in [7, 11) is 1.69. The maximum Gasteiger partial charge on any atom is 0.0701 e. The SMILES string of the molecule is C=C(C)CCC(COCCOC)NCC. The van der Waals surface area contributed by atoms with Gasteiger partial charge in [0, 0.05) is 13.2 Å². The zero-order chi connectivity index (χ0) is 11.5. The largest absolute Gasteiger partial charge is 0.382 e. The maximum atomic E-state index is 5.50. The van der Waals surface area contributed by atoms with Crippen LogP contribution in [0.5, 0.6) is 0 Å². The number of rotatable bonds is 10. The lowest BCUT2D eigenvalue weighted by atomic mass is 10.1. The molecule has 0 saturated carbocycles. The van der Waals surface area contributed by atoms with E-state index in [1.165, 1.54) is 5.57 Å². The zero-order valence-corrected chi connectivity index (χ0v) is 10.3. The molecule has 1 atom stereocenters. The van der Waals surface area contributed by atoms with Crippen molar-refractivity contribution >= 4 is 0 Å². The molecule has 0 heterocycles. The lowest BCUT2D eigenvalue weighted by molar-refractivity contribution is 0.0578. The number of methoxy groups -OCH3 is 1. The Morgan fingerprint density at radius 3 is 2.67 bits per heavy atom. The van der Waals surface area contributed by atoms with Crippen LogP contribution in [0.4, 0.5) is 0 Å². The standard InChI is InChI=1S/C12H25NO2/c1-5-13-12(7-6-11(2)3)10-15-9-8-14-4/h12-13H,2,5-10H2,1,3-4H3. The van der Waals surface area contributed by atoms with Crippen molar-refractivity contribution in [1.29, 1.82) is 0 Å². The molecule has 0 spiro atoms. The van der Waals surface area contributed by atoms with Crippen LogP contribution in [-0.2, 0) is 9.47 Å². The van der Waals surface area contributed by atoms with Crippen LogP contribution >= 0.6 is 0 Å².